The number of esters is 1. The van der Waals surface area contributed by atoms with E-state index >= 15 is 0 Å². The highest BCUT2D eigenvalue weighted by Crippen LogP contribution is 2.49. The van der Waals surface area contributed by atoms with Crippen molar-refractivity contribution in [3.05, 3.63) is 83.4 Å². The normalized spacial score (nSPS) is 18.2. The summed E-state index contributed by atoms with van der Waals surface area (Å²) in [6.45, 7) is 0. The second kappa shape index (κ2) is 8.22. The van der Waals surface area contributed by atoms with E-state index in [1.165, 1.54) is 12.1 Å². The van der Waals surface area contributed by atoms with Crippen molar-refractivity contribution in [1.82, 2.24) is 0 Å². The van der Waals surface area contributed by atoms with Crippen LogP contribution in [0, 0.1) is 0 Å². The fraction of sp³-hybridized carbons (Fsp3) is 0.208. The number of ether oxygens (including phenoxy) is 2. The number of carbonyl (C=O) groups excluding carboxylic acids is 1. The molecule has 3 nitrogen and oxygen atoms in total. The maximum absolute atomic E-state index is 13.4. The van der Waals surface area contributed by atoms with Gasteiger partial charge in [-0.25, -0.2) is 4.79 Å². The molecule has 0 bridgehead atoms. The number of benzene rings is 3. The highest BCUT2D eigenvalue weighted by molar-refractivity contribution is 5.85. The molecule has 3 aromatic carbocycles. The molecule has 172 valence electrons. The third-order valence-electron chi connectivity index (χ3n) is 5.30. The number of rotatable bonds is 4. The second-order valence-corrected chi connectivity index (χ2v) is 7.43. The molecule has 0 N–H and O–H groups in total. The van der Waals surface area contributed by atoms with Crippen molar-refractivity contribution in [2.24, 2.45) is 0 Å². The fourth-order valence-corrected chi connectivity index (χ4v) is 3.73. The number of carbonyl (C=O) groups is 1. The fourth-order valence-electron chi connectivity index (χ4n) is 3.73. The molecule has 0 spiro atoms. The minimum Gasteiger partial charge on any atom is -0.467 e. The van der Waals surface area contributed by atoms with E-state index in [9.17, 15) is 31.1 Å². The van der Waals surface area contributed by atoms with Gasteiger partial charge in [-0.1, -0.05) is 48.5 Å². The first-order chi connectivity index (χ1) is 15.5. The summed E-state index contributed by atoms with van der Waals surface area (Å²) in [5.74, 6) is -0.686. The summed E-state index contributed by atoms with van der Waals surface area (Å²) < 4.78 is 90.7. The first-order valence-corrected chi connectivity index (χ1v) is 9.72. The molecule has 0 saturated carbocycles. The van der Waals surface area contributed by atoms with E-state index in [1.54, 1.807) is 36.4 Å². The summed E-state index contributed by atoms with van der Waals surface area (Å²) in [5, 5.41) is 0. The first kappa shape index (κ1) is 22.8. The van der Waals surface area contributed by atoms with Crippen molar-refractivity contribution in [1.29, 1.82) is 0 Å². The summed E-state index contributed by atoms with van der Waals surface area (Å²) in [6.07, 6.45) is -11.9. The number of epoxide rings is 1. The molecule has 1 heterocycles. The number of alkyl halides is 6. The van der Waals surface area contributed by atoms with Gasteiger partial charge in [-0.2, -0.15) is 26.3 Å². The van der Waals surface area contributed by atoms with Gasteiger partial charge in [0.2, 0.25) is 0 Å². The lowest BCUT2D eigenvalue weighted by atomic mass is 9.88. The zero-order valence-corrected chi connectivity index (χ0v) is 17.0. The minimum atomic E-state index is -4.99. The zero-order chi connectivity index (χ0) is 24.0. The van der Waals surface area contributed by atoms with Gasteiger partial charge in [0, 0.05) is 0 Å². The molecule has 2 unspecified atom stereocenters. The molecule has 1 aliphatic rings. The maximum atomic E-state index is 13.4. The maximum Gasteiger partial charge on any atom is 0.416 e. The Hall–Kier alpha value is -3.33. The van der Waals surface area contributed by atoms with E-state index in [0.717, 1.165) is 7.11 Å². The van der Waals surface area contributed by atoms with Gasteiger partial charge >= 0.3 is 18.3 Å². The van der Waals surface area contributed by atoms with Crippen molar-refractivity contribution in [2.75, 3.05) is 7.11 Å². The number of hydrogen-bond acceptors (Lipinski definition) is 3. The molecule has 0 aromatic heterocycles. The molecule has 0 aliphatic carbocycles. The molecule has 9 heteroatoms. The van der Waals surface area contributed by atoms with Crippen molar-refractivity contribution >= 4 is 5.97 Å². The van der Waals surface area contributed by atoms with Gasteiger partial charge in [-0.05, 0) is 46.0 Å². The van der Waals surface area contributed by atoms with Crippen LogP contribution in [0.4, 0.5) is 26.3 Å². The smallest absolute Gasteiger partial charge is 0.416 e. The van der Waals surface area contributed by atoms with Crippen LogP contribution in [-0.4, -0.2) is 19.2 Å². The van der Waals surface area contributed by atoms with Crippen LogP contribution in [0.1, 0.15) is 22.8 Å². The Labute approximate surface area is 184 Å². The molecule has 0 amide bonds. The first-order valence-electron chi connectivity index (χ1n) is 9.72. The van der Waals surface area contributed by atoms with Crippen LogP contribution in [0.15, 0.2) is 66.7 Å². The van der Waals surface area contributed by atoms with Crippen LogP contribution in [0.2, 0.25) is 0 Å². The molecule has 4 rings (SSSR count). The highest BCUT2D eigenvalue weighted by atomic mass is 19.4. The molecular weight excluding hydrogens is 450 g/mol. The number of methoxy groups -OCH3 is 1. The molecular formula is C24H16F6O3. The summed E-state index contributed by atoms with van der Waals surface area (Å²) >= 11 is 0. The lowest BCUT2D eigenvalue weighted by Gasteiger charge is -2.18. The Morgan fingerprint density at radius 1 is 0.788 bits per heavy atom. The van der Waals surface area contributed by atoms with Crippen LogP contribution in [0.5, 0.6) is 0 Å². The number of hydrogen-bond donors (Lipinski definition) is 0. The molecule has 33 heavy (non-hydrogen) atoms. The highest BCUT2D eigenvalue weighted by Gasteiger charge is 2.49. The van der Waals surface area contributed by atoms with Crippen molar-refractivity contribution in [3.8, 4) is 22.3 Å². The standard InChI is InChI=1S/C24H16F6O3/c1-32-22(31)21-20(33-21)19-17(13-6-3-2-4-7-13)8-5-9-18(19)14-10-15(23(25,26)27)12-16(11-14)24(28,29)30/h2-12,20-21H,1H3. The minimum absolute atomic E-state index is 0.0785. The quantitative estimate of drug-likeness (QED) is 0.245. The Morgan fingerprint density at radius 3 is 1.85 bits per heavy atom. The summed E-state index contributed by atoms with van der Waals surface area (Å²) in [7, 11) is 1.16. The van der Waals surface area contributed by atoms with Crippen LogP contribution in [0.25, 0.3) is 22.3 Å². The van der Waals surface area contributed by atoms with E-state index in [-0.39, 0.29) is 17.2 Å². The van der Waals surface area contributed by atoms with Crippen LogP contribution >= 0.6 is 0 Å². The predicted octanol–water partition coefficient (Wildman–Crippen LogP) is 6.67. The average Bonchev–Trinajstić information content (AvgIpc) is 3.58. The SMILES string of the molecule is COC(=O)C1OC1c1c(-c2ccccc2)cccc1-c1cc(C(F)(F)F)cc(C(F)(F)F)c1. The van der Waals surface area contributed by atoms with E-state index in [0.29, 0.717) is 28.8 Å². The van der Waals surface area contributed by atoms with Crippen molar-refractivity contribution in [3.63, 3.8) is 0 Å². The Bertz CT molecular complexity index is 1150. The number of halogens is 6. The Morgan fingerprint density at radius 2 is 1.33 bits per heavy atom. The van der Waals surface area contributed by atoms with Crippen molar-refractivity contribution in [2.45, 2.75) is 24.6 Å². The molecule has 3 aromatic rings. The van der Waals surface area contributed by atoms with Gasteiger partial charge in [-0.15, -0.1) is 0 Å². The van der Waals surface area contributed by atoms with Gasteiger partial charge in [0.15, 0.2) is 6.10 Å². The van der Waals surface area contributed by atoms with E-state index in [1.807, 2.05) is 0 Å². The summed E-state index contributed by atoms with van der Waals surface area (Å²) in [4.78, 5) is 12.0. The lowest BCUT2D eigenvalue weighted by molar-refractivity contribution is -0.143. The third kappa shape index (κ3) is 4.59. The molecule has 1 fully saturated rings. The zero-order valence-electron chi connectivity index (χ0n) is 17.0. The molecule has 0 radical (unpaired) electrons. The van der Waals surface area contributed by atoms with E-state index < -0.39 is 41.7 Å². The van der Waals surface area contributed by atoms with Gasteiger partial charge in [0.05, 0.1) is 18.2 Å². The van der Waals surface area contributed by atoms with Gasteiger partial charge < -0.3 is 9.47 Å². The summed E-state index contributed by atoms with van der Waals surface area (Å²) in [6, 6.07) is 14.7. The van der Waals surface area contributed by atoms with Gasteiger partial charge in [0.25, 0.3) is 0 Å². The molecule has 2 atom stereocenters. The lowest BCUT2D eigenvalue weighted by Crippen LogP contribution is -2.12. The third-order valence-corrected chi connectivity index (χ3v) is 5.30. The molecule has 1 saturated heterocycles. The topological polar surface area (TPSA) is 38.8 Å². The molecule has 1 aliphatic heterocycles. The Kier molecular flexibility index (Phi) is 5.69. The average molecular weight is 466 g/mol. The van der Waals surface area contributed by atoms with E-state index in [2.05, 4.69) is 4.74 Å². The van der Waals surface area contributed by atoms with Gasteiger partial charge in [0.1, 0.15) is 6.10 Å². The predicted molar refractivity (Wildman–Crippen MR) is 107 cm³/mol. The largest absolute Gasteiger partial charge is 0.467 e. The Balaban J connectivity index is 1.96. The van der Waals surface area contributed by atoms with Crippen LogP contribution < -0.4 is 0 Å². The van der Waals surface area contributed by atoms with Gasteiger partial charge in [-0.3, -0.25) is 0 Å². The van der Waals surface area contributed by atoms with Crippen LogP contribution in [0.3, 0.4) is 0 Å². The van der Waals surface area contributed by atoms with E-state index in [4.69, 9.17) is 4.74 Å². The monoisotopic (exact) mass is 466 g/mol. The second-order valence-electron chi connectivity index (χ2n) is 7.43. The van der Waals surface area contributed by atoms with Crippen molar-refractivity contribution < 1.29 is 40.6 Å². The van der Waals surface area contributed by atoms with Crippen LogP contribution in [-0.2, 0) is 26.6 Å². The summed E-state index contributed by atoms with van der Waals surface area (Å²) in [5.41, 5.74) is -1.54.